The fourth-order valence-corrected chi connectivity index (χ4v) is 2.54. The third-order valence-corrected chi connectivity index (χ3v) is 3.73. The smallest absolute Gasteiger partial charge is 0.251 e. The first-order valence-corrected chi connectivity index (χ1v) is 7.77. The van der Waals surface area contributed by atoms with E-state index in [2.05, 4.69) is 25.6 Å². The van der Waals surface area contributed by atoms with Gasteiger partial charge in [-0.15, -0.1) is 0 Å². The highest BCUT2D eigenvalue weighted by molar-refractivity contribution is 5.94. The number of hydrogen-bond donors (Lipinski definition) is 2. The van der Waals surface area contributed by atoms with E-state index in [0.717, 1.165) is 22.9 Å². The van der Waals surface area contributed by atoms with E-state index in [9.17, 15) is 4.79 Å². The predicted molar refractivity (Wildman–Crippen MR) is 90.0 cm³/mol. The summed E-state index contributed by atoms with van der Waals surface area (Å²) in [6.45, 7) is 7.63. The molecule has 0 aliphatic heterocycles. The molecule has 0 saturated carbocycles. The summed E-state index contributed by atoms with van der Waals surface area (Å²) in [5.41, 5.74) is 3.53. The van der Waals surface area contributed by atoms with Gasteiger partial charge in [0.15, 0.2) is 5.82 Å². The molecule has 0 fully saturated rings. The normalized spacial score (nSPS) is 12.2. The first-order chi connectivity index (χ1) is 11.4. The van der Waals surface area contributed by atoms with Crippen LogP contribution in [-0.4, -0.2) is 30.9 Å². The van der Waals surface area contributed by atoms with Crippen molar-refractivity contribution in [2.24, 2.45) is 0 Å². The first-order valence-electron chi connectivity index (χ1n) is 7.77. The van der Waals surface area contributed by atoms with E-state index >= 15 is 0 Å². The van der Waals surface area contributed by atoms with Crippen molar-refractivity contribution in [3.8, 4) is 5.69 Å². The number of nitrogens with one attached hydrogen (secondary N) is 2. The molecule has 2 aromatic heterocycles. The number of rotatable bonds is 4. The summed E-state index contributed by atoms with van der Waals surface area (Å²) in [6, 6.07) is 9.10. The summed E-state index contributed by atoms with van der Waals surface area (Å²) < 4.78 is 1.86. The number of nitrogens with zero attached hydrogens (tertiary/aromatic N) is 4. The van der Waals surface area contributed by atoms with Gasteiger partial charge in [-0.2, -0.15) is 10.2 Å². The zero-order valence-electron chi connectivity index (χ0n) is 14.2. The number of amides is 1. The number of aromatic amines is 1. The van der Waals surface area contributed by atoms with E-state index in [0.29, 0.717) is 11.4 Å². The molecule has 0 aliphatic rings. The van der Waals surface area contributed by atoms with Crippen molar-refractivity contribution in [2.45, 2.75) is 33.7 Å². The molecule has 0 spiro atoms. The molecular formula is C17H20N6O. The SMILES string of the molecule is Cc1cc(C)n(-c2ccc(C(=O)NC(C)c3n[nH]c(C)n3)cc2)n1. The van der Waals surface area contributed by atoms with Crippen molar-refractivity contribution in [2.75, 3.05) is 0 Å². The predicted octanol–water partition coefficient (Wildman–Crippen LogP) is 2.41. The number of H-pyrrole nitrogens is 1. The minimum Gasteiger partial charge on any atom is -0.342 e. The summed E-state index contributed by atoms with van der Waals surface area (Å²) in [5, 5.41) is 14.2. The van der Waals surface area contributed by atoms with E-state index in [-0.39, 0.29) is 11.9 Å². The summed E-state index contributed by atoms with van der Waals surface area (Å²) in [6.07, 6.45) is 0. The van der Waals surface area contributed by atoms with Gasteiger partial charge in [0.1, 0.15) is 5.82 Å². The van der Waals surface area contributed by atoms with Crippen LogP contribution in [0, 0.1) is 20.8 Å². The molecule has 1 unspecified atom stereocenters. The van der Waals surface area contributed by atoms with Crippen molar-refractivity contribution < 1.29 is 4.79 Å². The molecule has 7 heteroatoms. The van der Waals surface area contributed by atoms with Gasteiger partial charge in [0.25, 0.3) is 5.91 Å². The van der Waals surface area contributed by atoms with Gasteiger partial charge in [0.05, 0.1) is 17.4 Å². The monoisotopic (exact) mass is 324 g/mol. The lowest BCUT2D eigenvalue weighted by Crippen LogP contribution is -2.27. The summed E-state index contributed by atoms with van der Waals surface area (Å²) in [5.74, 6) is 1.13. The average Bonchev–Trinajstić information content (AvgIpc) is 3.13. The highest BCUT2D eigenvalue weighted by Crippen LogP contribution is 2.14. The second-order valence-corrected chi connectivity index (χ2v) is 5.86. The fraction of sp³-hybridized carbons (Fsp3) is 0.294. The molecule has 24 heavy (non-hydrogen) atoms. The van der Waals surface area contributed by atoms with E-state index in [1.807, 2.05) is 50.6 Å². The Labute approximate surface area is 140 Å². The lowest BCUT2D eigenvalue weighted by Gasteiger charge is -2.11. The second-order valence-electron chi connectivity index (χ2n) is 5.86. The Kier molecular flexibility index (Phi) is 4.16. The van der Waals surface area contributed by atoms with E-state index in [1.165, 1.54) is 0 Å². The van der Waals surface area contributed by atoms with Crippen LogP contribution in [-0.2, 0) is 0 Å². The molecule has 2 N–H and O–H groups in total. The fourth-order valence-electron chi connectivity index (χ4n) is 2.54. The van der Waals surface area contributed by atoms with Gasteiger partial charge in [0.2, 0.25) is 0 Å². The molecule has 2 heterocycles. The molecule has 1 atom stereocenters. The Morgan fingerprint density at radius 2 is 1.92 bits per heavy atom. The summed E-state index contributed by atoms with van der Waals surface area (Å²) in [7, 11) is 0. The number of aromatic nitrogens is 5. The van der Waals surface area contributed by atoms with Crippen molar-refractivity contribution in [3.63, 3.8) is 0 Å². The lowest BCUT2D eigenvalue weighted by molar-refractivity contribution is 0.0938. The molecule has 0 bridgehead atoms. The molecule has 7 nitrogen and oxygen atoms in total. The second kappa shape index (κ2) is 6.27. The van der Waals surface area contributed by atoms with Gasteiger partial charge in [-0.3, -0.25) is 9.89 Å². The van der Waals surface area contributed by atoms with Crippen LogP contribution in [0.2, 0.25) is 0 Å². The minimum absolute atomic E-state index is 0.162. The van der Waals surface area contributed by atoms with Crippen LogP contribution >= 0.6 is 0 Å². The minimum atomic E-state index is -0.266. The van der Waals surface area contributed by atoms with Crippen LogP contribution in [0.25, 0.3) is 5.69 Å². The first kappa shape index (κ1) is 15.9. The van der Waals surface area contributed by atoms with Gasteiger partial charge >= 0.3 is 0 Å². The van der Waals surface area contributed by atoms with Crippen molar-refractivity contribution in [3.05, 3.63) is 58.9 Å². The van der Waals surface area contributed by atoms with Crippen LogP contribution in [0.3, 0.4) is 0 Å². The number of aryl methyl sites for hydroxylation is 3. The standard InChI is InChI=1S/C17H20N6O/c1-10-9-11(2)23(22-10)15-7-5-14(6-8-15)17(24)18-12(3)16-19-13(4)20-21-16/h5-9,12H,1-4H3,(H,18,24)(H,19,20,21). The molecule has 3 rings (SSSR count). The molecule has 1 amide bonds. The zero-order chi connectivity index (χ0) is 17.3. The number of benzene rings is 1. The topological polar surface area (TPSA) is 88.5 Å². The molecular weight excluding hydrogens is 304 g/mol. The third-order valence-electron chi connectivity index (χ3n) is 3.73. The quantitative estimate of drug-likeness (QED) is 0.771. The maximum absolute atomic E-state index is 12.4. The van der Waals surface area contributed by atoms with Gasteiger partial charge in [-0.1, -0.05) is 0 Å². The van der Waals surface area contributed by atoms with Crippen LogP contribution in [0.1, 0.15) is 46.4 Å². The summed E-state index contributed by atoms with van der Waals surface area (Å²) in [4.78, 5) is 16.6. The van der Waals surface area contributed by atoms with E-state index in [1.54, 1.807) is 12.1 Å². The van der Waals surface area contributed by atoms with Crippen LogP contribution in [0.5, 0.6) is 0 Å². The maximum atomic E-state index is 12.4. The molecule has 0 aliphatic carbocycles. The summed E-state index contributed by atoms with van der Waals surface area (Å²) >= 11 is 0. The Hall–Kier alpha value is -2.96. The van der Waals surface area contributed by atoms with Crippen molar-refractivity contribution >= 4 is 5.91 Å². The Bertz CT molecular complexity index is 862. The number of carbonyl (C=O) groups is 1. The molecule has 0 saturated heterocycles. The van der Waals surface area contributed by atoms with Gasteiger partial charge in [0, 0.05) is 11.3 Å². The number of hydrogen-bond acceptors (Lipinski definition) is 4. The van der Waals surface area contributed by atoms with Crippen molar-refractivity contribution in [1.82, 2.24) is 30.3 Å². The van der Waals surface area contributed by atoms with Crippen LogP contribution in [0.4, 0.5) is 0 Å². The van der Waals surface area contributed by atoms with Gasteiger partial charge in [-0.05, 0) is 58.0 Å². The Morgan fingerprint density at radius 1 is 1.21 bits per heavy atom. The largest absolute Gasteiger partial charge is 0.342 e. The van der Waals surface area contributed by atoms with Gasteiger partial charge < -0.3 is 5.32 Å². The zero-order valence-corrected chi connectivity index (χ0v) is 14.2. The molecule has 3 aromatic rings. The number of carbonyl (C=O) groups excluding carboxylic acids is 1. The maximum Gasteiger partial charge on any atom is 0.251 e. The van der Waals surface area contributed by atoms with Crippen molar-refractivity contribution in [1.29, 1.82) is 0 Å². The van der Waals surface area contributed by atoms with Gasteiger partial charge in [-0.25, -0.2) is 9.67 Å². The highest BCUT2D eigenvalue weighted by atomic mass is 16.1. The Morgan fingerprint density at radius 3 is 2.46 bits per heavy atom. The Balaban J connectivity index is 1.73. The van der Waals surface area contributed by atoms with Crippen LogP contribution < -0.4 is 5.32 Å². The third kappa shape index (κ3) is 3.19. The van der Waals surface area contributed by atoms with E-state index < -0.39 is 0 Å². The molecule has 0 radical (unpaired) electrons. The average molecular weight is 324 g/mol. The van der Waals surface area contributed by atoms with E-state index in [4.69, 9.17) is 0 Å². The molecule has 1 aromatic carbocycles. The highest BCUT2D eigenvalue weighted by Gasteiger charge is 2.15. The molecule has 124 valence electrons. The van der Waals surface area contributed by atoms with Crippen LogP contribution in [0.15, 0.2) is 30.3 Å². The lowest BCUT2D eigenvalue weighted by atomic mass is 10.1.